The van der Waals surface area contributed by atoms with Crippen molar-refractivity contribution in [1.29, 1.82) is 0 Å². The van der Waals surface area contributed by atoms with Crippen LogP contribution in [0.1, 0.15) is 60.7 Å². The summed E-state index contributed by atoms with van der Waals surface area (Å²) in [6, 6.07) is 16.5. The Kier molecular flexibility index (Phi) is 8.50. The van der Waals surface area contributed by atoms with Crippen LogP contribution in [-0.2, 0) is 26.9 Å². The number of hydrogen-bond acceptors (Lipinski definition) is 9. The second-order valence-corrected chi connectivity index (χ2v) is 14.4. The van der Waals surface area contributed by atoms with Gasteiger partial charge in [-0.3, -0.25) is 14.6 Å². The summed E-state index contributed by atoms with van der Waals surface area (Å²) in [7, 11) is -1.34. The number of ether oxygens (including phenoxy) is 2. The van der Waals surface area contributed by atoms with Crippen LogP contribution in [-0.4, -0.2) is 63.0 Å². The molecule has 4 heterocycles. The monoisotopic (exact) mass is 676 g/mol. The summed E-state index contributed by atoms with van der Waals surface area (Å²) in [6.07, 6.45) is 8.01. The highest BCUT2D eigenvalue weighted by Gasteiger charge is 2.62. The predicted octanol–water partition coefficient (Wildman–Crippen LogP) is 6.15. The highest BCUT2D eigenvalue weighted by molar-refractivity contribution is 7.93. The summed E-state index contributed by atoms with van der Waals surface area (Å²) >= 11 is 6.55. The van der Waals surface area contributed by atoms with Crippen molar-refractivity contribution in [3.63, 3.8) is 0 Å². The largest absolute Gasteiger partial charge is 0.497 e. The van der Waals surface area contributed by atoms with Gasteiger partial charge in [0, 0.05) is 29.2 Å². The van der Waals surface area contributed by atoms with Crippen LogP contribution in [0.2, 0.25) is 5.02 Å². The minimum atomic E-state index is -4.42. The van der Waals surface area contributed by atoms with Crippen LogP contribution in [0, 0.1) is 0 Å². The van der Waals surface area contributed by atoms with E-state index in [1.165, 1.54) is 31.9 Å². The van der Waals surface area contributed by atoms with Gasteiger partial charge in [-0.2, -0.15) is 0 Å². The van der Waals surface area contributed by atoms with Gasteiger partial charge in [0.05, 0.1) is 37.0 Å². The molecular formula is C35H37ClN4O6S. The Balaban J connectivity index is 1.48. The van der Waals surface area contributed by atoms with Crippen molar-refractivity contribution < 1.29 is 27.1 Å². The van der Waals surface area contributed by atoms with Crippen LogP contribution in [0.5, 0.6) is 11.5 Å². The van der Waals surface area contributed by atoms with Crippen molar-refractivity contribution in [2.24, 2.45) is 0 Å². The number of hydrogen-bond donors (Lipinski definition) is 0. The molecule has 0 bridgehead atoms. The zero-order valence-corrected chi connectivity index (χ0v) is 28.0. The lowest BCUT2D eigenvalue weighted by Crippen LogP contribution is -2.54. The molecular weight excluding hydrogens is 640 g/mol. The second kappa shape index (κ2) is 12.6. The van der Waals surface area contributed by atoms with Crippen LogP contribution < -0.4 is 13.8 Å². The van der Waals surface area contributed by atoms with Crippen LogP contribution >= 0.6 is 11.6 Å². The van der Waals surface area contributed by atoms with Crippen molar-refractivity contribution in [2.75, 3.05) is 38.2 Å². The Morgan fingerprint density at radius 2 is 1.72 bits per heavy atom. The van der Waals surface area contributed by atoms with E-state index < -0.39 is 27.5 Å². The standard InChI is InChI=1S/C35H37ClN4O6S/c1-44-26-10-12-27(13-11-26)47(42,43)40-31-22-25(36)9-14-28(31)35(34(40)41,39-19-6-7-30(39)33-37-16-20-46-33)29-21-24(8-15-32(29)45-2)23-38-17-4-3-5-18-38/h8-16,20-22,30H,3-7,17-19,23H2,1-2H3. The molecule has 1 aromatic heterocycles. The molecule has 3 aliphatic heterocycles. The number of piperidine rings is 1. The molecule has 0 spiro atoms. The Labute approximate surface area is 279 Å². The second-order valence-electron chi connectivity index (χ2n) is 12.2. The summed E-state index contributed by atoms with van der Waals surface area (Å²) in [4.78, 5) is 24.4. The van der Waals surface area contributed by atoms with E-state index in [-0.39, 0.29) is 10.6 Å². The van der Waals surface area contributed by atoms with E-state index >= 15 is 4.79 Å². The van der Waals surface area contributed by atoms with Gasteiger partial charge in [-0.1, -0.05) is 30.2 Å². The third-order valence-corrected chi connectivity index (χ3v) is 11.5. The number of likely N-dealkylation sites (tertiary alicyclic amines) is 2. The molecule has 1 amide bonds. The average molecular weight is 677 g/mol. The number of amides is 1. The van der Waals surface area contributed by atoms with Crippen molar-refractivity contribution in [3.05, 3.63) is 101 Å². The summed E-state index contributed by atoms with van der Waals surface area (Å²) in [5, 5.41) is 0.304. The number of aromatic nitrogens is 1. The third kappa shape index (κ3) is 5.29. The summed E-state index contributed by atoms with van der Waals surface area (Å²) in [5.74, 6) is 0.793. The number of oxazole rings is 1. The molecule has 4 aromatic rings. The molecule has 7 rings (SSSR count). The Morgan fingerprint density at radius 1 is 0.936 bits per heavy atom. The lowest BCUT2D eigenvalue weighted by molar-refractivity contribution is -0.127. The molecule has 3 aromatic carbocycles. The van der Waals surface area contributed by atoms with Crippen molar-refractivity contribution in [3.8, 4) is 11.5 Å². The predicted molar refractivity (Wildman–Crippen MR) is 177 cm³/mol. The van der Waals surface area contributed by atoms with E-state index in [4.69, 9.17) is 25.5 Å². The van der Waals surface area contributed by atoms with E-state index in [0.717, 1.165) is 42.2 Å². The summed E-state index contributed by atoms with van der Waals surface area (Å²) in [6.45, 7) is 3.18. The lowest BCUT2D eigenvalue weighted by Gasteiger charge is -2.41. The van der Waals surface area contributed by atoms with E-state index in [1.54, 1.807) is 43.6 Å². The molecule has 3 aliphatic rings. The smallest absolute Gasteiger partial charge is 0.271 e. The van der Waals surface area contributed by atoms with Crippen molar-refractivity contribution in [1.82, 2.24) is 14.8 Å². The number of rotatable bonds is 9. The first-order valence-electron chi connectivity index (χ1n) is 15.9. The van der Waals surface area contributed by atoms with Gasteiger partial charge in [-0.05, 0) is 92.9 Å². The summed E-state index contributed by atoms with van der Waals surface area (Å²) in [5.41, 5.74) is 0.650. The number of carbonyl (C=O) groups excluding carboxylic acids is 1. The molecule has 2 unspecified atom stereocenters. The lowest BCUT2D eigenvalue weighted by atomic mass is 9.80. The van der Waals surface area contributed by atoms with Gasteiger partial charge >= 0.3 is 0 Å². The molecule has 0 aliphatic carbocycles. The number of benzene rings is 3. The molecule has 12 heteroatoms. The van der Waals surface area contributed by atoms with E-state index in [9.17, 15) is 8.42 Å². The molecule has 246 valence electrons. The first-order valence-corrected chi connectivity index (χ1v) is 17.7. The maximum absolute atomic E-state index is 15.5. The fourth-order valence-electron chi connectivity index (χ4n) is 7.47. The number of anilines is 1. The average Bonchev–Trinajstić information content (AvgIpc) is 3.84. The van der Waals surface area contributed by atoms with Crippen molar-refractivity contribution in [2.45, 2.75) is 55.1 Å². The maximum Gasteiger partial charge on any atom is 0.271 e. The van der Waals surface area contributed by atoms with Crippen LogP contribution in [0.25, 0.3) is 0 Å². The number of carbonyl (C=O) groups is 1. The van der Waals surface area contributed by atoms with Gasteiger partial charge in [0.25, 0.3) is 15.9 Å². The minimum absolute atomic E-state index is 0.0511. The van der Waals surface area contributed by atoms with Crippen LogP contribution in [0.15, 0.2) is 82.4 Å². The highest BCUT2D eigenvalue weighted by atomic mass is 35.5. The van der Waals surface area contributed by atoms with E-state index in [0.29, 0.717) is 53.0 Å². The van der Waals surface area contributed by atoms with Gasteiger partial charge < -0.3 is 13.9 Å². The fourth-order valence-corrected chi connectivity index (χ4v) is 9.09. The van der Waals surface area contributed by atoms with Crippen LogP contribution in [0.3, 0.4) is 0 Å². The minimum Gasteiger partial charge on any atom is -0.497 e. The number of sulfonamides is 1. The zero-order valence-electron chi connectivity index (χ0n) is 26.4. The SMILES string of the molecule is COc1ccc(S(=O)(=O)N2C(=O)C(c3cc(CN4CCCCC4)ccc3OC)(N3CCCC3c3ncco3)c3ccc(Cl)cc32)cc1. The number of methoxy groups -OCH3 is 2. The van der Waals surface area contributed by atoms with Gasteiger partial charge in [0.15, 0.2) is 5.54 Å². The third-order valence-electron chi connectivity index (χ3n) is 9.59. The first kappa shape index (κ1) is 31.7. The van der Waals surface area contributed by atoms with Gasteiger partial charge in [0.2, 0.25) is 5.89 Å². The van der Waals surface area contributed by atoms with Gasteiger partial charge in [0.1, 0.15) is 17.8 Å². The normalized spacial score (nSPS) is 22.1. The molecule has 47 heavy (non-hydrogen) atoms. The van der Waals surface area contributed by atoms with E-state index in [1.807, 2.05) is 23.1 Å². The highest BCUT2D eigenvalue weighted by Crippen LogP contribution is 2.56. The molecule has 0 N–H and O–H groups in total. The molecule has 2 fully saturated rings. The first-order chi connectivity index (χ1) is 22.8. The molecule has 2 saturated heterocycles. The fraction of sp³-hybridized carbons (Fsp3) is 0.371. The number of halogens is 1. The Bertz CT molecular complexity index is 1880. The zero-order chi connectivity index (χ0) is 32.8. The Hall–Kier alpha value is -3.90. The molecule has 0 radical (unpaired) electrons. The molecule has 2 atom stereocenters. The van der Waals surface area contributed by atoms with Gasteiger partial charge in [-0.15, -0.1) is 0 Å². The number of nitrogens with zero attached hydrogens (tertiary/aromatic N) is 4. The molecule has 0 saturated carbocycles. The van der Waals surface area contributed by atoms with Crippen molar-refractivity contribution >= 4 is 33.2 Å². The summed E-state index contributed by atoms with van der Waals surface area (Å²) < 4.78 is 47.2. The quantitative estimate of drug-likeness (QED) is 0.207. The maximum atomic E-state index is 15.5. The topological polar surface area (TPSA) is 105 Å². The molecule has 10 nitrogen and oxygen atoms in total. The number of fused-ring (bicyclic) bond motifs is 1. The van der Waals surface area contributed by atoms with Crippen LogP contribution in [0.4, 0.5) is 5.69 Å². The van der Waals surface area contributed by atoms with Gasteiger partial charge in [-0.25, -0.2) is 17.7 Å². The van der Waals surface area contributed by atoms with E-state index in [2.05, 4.69) is 9.88 Å². The Morgan fingerprint density at radius 3 is 2.43 bits per heavy atom.